The smallest absolute Gasteiger partial charge is 0.257 e. The van der Waals surface area contributed by atoms with Crippen LogP contribution in [0.25, 0.3) is 0 Å². The monoisotopic (exact) mass is 338 g/mol. The molecule has 2 rings (SSSR count). The number of anilines is 1. The third kappa shape index (κ3) is 4.16. The molecular weight excluding hydrogens is 327 g/mol. The van der Waals surface area contributed by atoms with Gasteiger partial charge in [-0.3, -0.25) is 10.1 Å². The first-order valence-electron chi connectivity index (χ1n) is 6.21. The SMILES string of the molecule is COc1ccc(C(=O)NC(=S)Nc2ccc(F)c(Cl)c2)cc1. The van der Waals surface area contributed by atoms with E-state index in [4.69, 9.17) is 28.6 Å². The lowest BCUT2D eigenvalue weighted by Crippen LogP contribution is -2.34. The van der Waals surface area contributed by atoms with E-state index < -0.39 is 5.82 Å². The van der Waals surface area contributed by atoms with Crippen molar-refractivity contribution >= 4 is 40.5 Å². The molecule has 0 aliphatic heterocycles. The van der Waals surface area contributed by atoms with Gasteiger partial charge < -0.3 is 10.1 Å². The van der Waals surface area contributed by atoms with E-state index >= 15 is 0 Å². The second-order valence-electron chi connectivity index (χ2n) is 4.27. The molecule has 0 spiro atoms. The fraction of sp³-hybridized carbons (Fsp3) is 0.0667. The lowest BCUT2D eigenvalue weighted by atomic mass is 10.2. The predicted octanol–water partition coefficient (Wildman–Crippen LogP) is 3.61. The van der Waals surface area contributed by atoms with Crippen molar-refractivity contribution in [2.24, 2.45) is 0 Å². The quantitative estimate of drug-likeness (QED) is 0.839. The fourth-order valence-electron chi connectivity index (χ4n) is 1.65. The Morgan fingerprint density at radius 2 is 1.91 bits per heavy atom. The molecule has 1 amide bonds. The Bertz CT molecular complexity index is 707. The van der Waals surface area contributed by atoms with Gasteiger partial charge in [0.15, 0.2) is 5.11 Å². The molecule has 0 atom stereocenters. The topological polar surface area (TPSA) is 50.4 Å². The summed E-state index contributed by atoms with van der Waals surface area (Å²) in [7, 11) is 1.54. The van der Waals surface area contributed by atoms with Crippen LogP contribution in [0.2, 0.25) is 5.02 Å². The molecule has 0 aliphatic rings. The zero-order valence-corrected chi connectivity index (χ0v) is 13.1. The molecule has 2 aromatic rings. The van der Waals surface area contributed by atoms with E-state index in [1.165, 1.54) is 18.2 Å². The van der Waals surface area contributed by atoms with Gasteiger partial charge >= 0.3 is 0 Å². The second kappa shape index (κ2) is 7.20. The Hall–Kier alpha value is -2.18. The number of thiocarbonyl (C=S) groups is 1. The minimum Gasteiger partial charge on any atom is -0.497 e. The third-order valence-electron chi connectivity index (χ3n) is 2.76. The van der Waals surface area contributed by atoms with Gasteiger partial charge in [-0.2, -0.15) is 0 Å². The van der Waals surface area contributed by atoms with Gasteiger partial charge in [0.25, 0.3) is 5.91 Å². The van der Waals surface area contributed by atoms with Gasteiger partial charge in [-0.25, -0.2) is 4.39 Å². The van der Waals surface area contributed by atoms with E-state index in [1.807, 2.05) is 0 Å². The second-order valence-corrected chi connectivity index (χ2v) is 5.08. The van der Waals surface area contributed by atoms with Crippen molar-refractivity contribution < 1.29 is 13.9 Å². The van der Waals surface area contributed by atoms with Gasteiger partial charge in [0.2, 0.25) is 0 Å². The molecular formula is C15H12ClFN2O2S. The Kier molecular flexibility index (Phi) is 5.30. The molecule has 0 aliphatic carbocycles. The number of rotatable bonds is 3. The molecule has 22 heavy (non-hydrogen) atoms. The van der Waals surface area contributed by atoms with E-state index in [0.29, 0.717) is 17.0 Å². The van der Waals surface area contributed by atoms with E-state index in [9.17, 15) is 9.18 Å². The molecule has 0 bridgehead atoms. The molecule has 0 heterocycles. The number of methoxy groups -OCH3 is 1. The number of hydrogen-bond donors (Lipinski definition) is 2. The minimum atomic E-state index is -0.527. The molecule has 4 nitrogen and oxygen atoms in total. The number of carbonyl (C=O) groups is 1. The number of benzene rings is 2. The molecule has 0 fully saturated rings. The van der Waals surface area contributed by atoms with Crippen molar-refractivity contribution in [2.75, 3.05) is 12.4 Å². The lowest BCUT2D eigenvalue weighted by Gasteiger charge is -2.10. The summed E-state index contributed by atoms with van der Waals surface area (Å²) in [6.07, 6.45) is 0. The van der Waals surface area contributed by atoms with E-state index in [-0.39, 0.29) is 16.0 Å². The summed E-state index contributed by atoms with van der Waals surface area (Å²) in [6.45, 7) is 0. The van der Waals surface area contributed by atoms with Gasteiger partial charge in [0.05, 0.1) is 12.1 Å². The van der Waals surface area contributed by atoms with Crippen LogP contribution in [0, 0.1) is 5.82 Å². The van der Waals surface area contributed by atoms with Crippen LogP contribution >= 0.6 is 23.8 Å². The Morgan fingerprint density at radius 1 is 1.23 bits per heavy atom. The number of nitrogens with one attached hydrogen (secondary N) is 2. The van der Waals surface area contributed by atoms with Crippen LogP contribution in [0.15, 0.2) is 42.5 Å². The standard InChI is InChI=1S/C15H12ClFN2O2S/c1-21-11-5-2-9(3-6-11)14(20)19-15(22)18-10-4-7-13(17)12(16)8-10/h2-8H,1H3,(H2,18,19,20,22). The van der Waals surface area contributed by atoms with Crippen LogP contribution < -0.4 is 15.4 Å². The van der Waals surface area contributed by atoms with Crippen molar-refractivity contribution in [3.8, 4) is 5.75 Å². The molecule has 2 N–H and O–H groups in total. The molecule has 7 heteroatoms. The molecule has 2 aromatic carbocycles. The molecule has 0 unspecified atom stereocenters. The minimum absolute atomic E-state index is 0.0331. The fourth-order valence-corrected chi connectivity index (χ4v) is 2.04. The van der Waals surface area contributed by atoms with Crippen LogP contribution in [0.4, 0.5) is 10.1 Å². The highest BCUT2D eigenvalue weighted by molar-refractivity contribution is 7.80. The van der Waals surface area contributed by atoms with Crippen molar-refractivity contribution in [1.82, 2.24) is 5.32 Å². The first kappa shape index (κ1) is 16.2. The van der Waals surface area contributed by atoms with E-state index in [1.54, 1.807) is 31.4 Å². The number of ether oxygens (including phenoxy) is 1. The molecule has 0 aromatic heterocycles. The van der Waals surface area contributed by atoms with E-state index in [0.717, 1.165) is 0 Å². The summed E-state index contributed by atoms with van der Waals surface area (Å²) in [5.41, 5.74) is 0.911. The summed E-state index contributed by atoms with van der Waals surface area (Å²) >= 11 is 10.7. The molecule has 0 radical (unpaired) electrons. The Balaban J connectivity index is 1.98. The van der Waals surface area contributed by atoms with Gasteiger partial charge in [0, 0.05) is 11.3 Å². The zero-order chi connectivity index (χ0) is 16.1. The third-order valence-corrected chi connectivity index (χ3v) is 3.25. The number of halogens is 2. The summed E-state index contributed by atoms with van der Waals surface area (Å²) in [6, 6.07) is 10.6. The van der Waals surface area contributed by atoms with Crippen LogP contribution in [0.1, 0.15) is 10.4 Å². The molecule has 0 saturated carbocycles. The summed E-state index contributed by atoms with van der Waals surface area (Å²) in [5.74, 6) is -0.244. The number of carbonyl (C=O) groups excluding carboxylic acids is 1. The maximum absolute atomic E-state index is 13.1. The largest absolute Gasteiger partial charge is 0.497 e. The van der Waals surface area contributed by atoms with Crippen LogP contribution in [0.3, 0.4) is 0 Å². The summed E-state index contributed by atoms with van der Waals surface area (Å²) in [4.78, 5) is 12.0. The Labute approximate surface area is 137 Å². The first-order chi connectivity index (χ1) is 10.5. The van der Waals surface area contributed by atoms with Crippen molar-refractivity contribution in [1.29, 1.82) is 0 Å². The van der Waals surface area contributed by atoms with Crippen LogP contribution in [-0.2, 0) is 0 Å². The van der Waals surface area contributed by atoms with Crippen molar-refractivity contribution in [3.05, 3.63) is 58.9 Å². The van der Waals surface area contributed by atoms with Gasteiger partial charge in [-0.05, 0) is 54.7 Å². The first-order valence-corrected chi connectivity index (χ1v) is 6.99. The summed E-state index contributed by atoms with van der Waals surface area (Å²) < 4.78 is 18.1. The van der Waals surface area contributed by atoms with Gasteiger partial charge in [-0.15, -0.1) is 0 Å². The Morgan fingerprint density at radius 3 is 2.50 bits per heavy atom. The number of hydrogen-bond acceptors (Lipinski definition) is 3. The highest BCUT2D eigenvalue weighted by atomic mass is 35.5. The van der Waals surface area contributed by atoms with E-state index in [2.05, 4.69) is 10.6 Å². The summed E-state index contributed by atoms with van der Waals surface area (Å²) in [5, 5.41) is 5.33. The maximum atomic E-state index is 13.1. The lowest BCUT2D eigenvalue weighted by molar-refractivity contribution is 0.0977. The van der Waals surface area contributed by atoms with Crippen LogP contribution in [0.5, 0.6) is 5.75 Å². The van der Waals surface area contributed by atoms with Crippen molar-refractivity contribution in [3.63, 3.8) is 0 Å². The van der Waals surface area contributed by atoms with Crippen molar-refractivity contribution in [2.45, 2.75) is 0 Å². The highest BCUT2D eigenvalue weighted by Crippen LogP contribution is 2.19. The molecule has 0 saturated heterocycles. The normalized spacial score (nSPS) is 9.95. The molecule has 114 valence electrons. The highest BCUT2D eigenvalue weighted by Gasteiger charge is 2.09. The van der Waals surface area contributed by atoms with Gasteiger partial charge in [0.1, 0.15) is 11.6 Å². The average molecular weight is 339 g/mol. The maximum Gasteiger partial charge on any atom is 0.257 e. The van der Waals surface area contributed by atoms with Crippen LogP contribution in [-0.4, -0.2) is 18.1 Å². The number of amides is 1. The van der Waals surface area contributed by atoms with Gasteiger partial charge in [-0.1, -0.05) is 11.6 Å². The average Bonchev–Trinajstić information content (AvgIpc) is 2.51. The predicted molar refractivity (Wildman–Crippen MR) is 88.1 cm³/mol. The zero-order valence-electron chi connectivity index (χ0n) is 11.5.